The number of pyridine rings is 5. The highest BCUT2D eigenvalue weighted by Gasteiger charge is 2.43. The Morgan fingerprint density at radius 3 is 1.22 bits per heavy atom. The van der Waals surface area contributed by atoms with Gasteiger partial charge in [0.1, 0.15) is 6.20 Å². The van der Waals surface area contributed by atoms with Gasteiger partial charge in [-0.1, -0.05) is 43.8 Å². The first-order valence-corrected chi connectivity index (χ1v) is 15.3. The fourth-order valence-electron chi connectivity index (χ4n) is 7.44. The zero-order valence-corrected chi connectivity index (χ0v) is 24.7. The van der Waals surface area contributed by atoms with Gasteiger partial charge in [-0.15, -0.1) is 13.7 Å². The van der Waals surface area contributed by atoms with E-state index in [2.05, 4.69) is 164 Å². The van der Waals surface area contributed by atoms with Crippen molar-refractivity contribution in [2.75, 3.05) is 0 Å². The summed E-state index contributed by atoms with van der Waals surface area (Å²) in [5.41, 5.74) is 9.94. The van der Waals surface area contributed by atoms with Crippen LogP contribution in [0.1, 0.15) is 33.6 Å². The first kappa shape index (κ1) is 27.0. The van der Waals surface area contributed by atoms with E-state index in [0.29, 0.717) is 0 Å². The summed E-state index contributed by atoms with van der Waals surface area (Å²) in [6.07, 6.45) is 2.37. The lowest BCUT2D eigenvalue weighted by molar-refractivity contribution is -0.885. The Balaban J connectivity index is 0.000000131. The predicted octanol–water partition coefficient (Wildman–Crippen LogP) is 7.26. The molecule has 0 N–H and O–H groups in total. The van der Waals surface area contributed by atoms with Gasteiger partial charge >= 0.3 is 11.8 Å². The van der Waals surface area contributed by atoms with Crippen molar-refractivity contribution in [3.8, 4) is 22.8 Å². The zero-order valence-electron chi connectivity index (χ0n) is 24.7. The molecule has 216 valence electrons. The summed E-state index contributed by atoms with van der Waals surface area (Å²) in [5.74, 6) is 0. The summed E-state index contributed by atoms with van der Waals surface area (Å²) in [4.78, 5) is 4.62. The van der Waals surface area contributed by atoms with Crippen molar-refractivity contribution in [2.45, 2.75) is 33.6 Å². The minimum absolute atomic E-state index is 0. The summed E-state index contributed by atoms with van der Waals surface area (Å²) in [6.45, 7) is 4.51. The van der Waals surface area contributed by atoms with Crippen LogP contribution in [0.5, 0.6) is 0 Å². The molecule has 45 heavy (non-hydrogen) atoms. The lowest BCUT2D eigenvalue weighted by atomic mass is 10.1. The van der Waals surface area contributed by atoms with Crippen LogP contribution in [0.25, 0.3) is 66.5 Å². The smallest absolute Gasteiger partial charge is 0.156 e. The number of hydrogen-bond donors (Lipinski definition) is 0. The second kappa shape index (κ2) is 10.3. The van der Waals surface area contributed by atoms with Crippen LogP contribution >= 0.6 is 0 Å². The van der Waals surface area contributed by atoms with Crippen LogP contribution in [0.15, 0.2) is 140 Å². The Morgan fingerprint density at radius 1 is 0.400 bits per heavy atom. The van der Waals surface area contributed by atoms with Gasteiger partial charge in [0.05, 0.1) is 12.3 Å². The molecule has 0 bridgehead atoms. The van der Waals surface area contributed by atoms with Crippen molar-refractivity contribution in [1.29, 1.82) is 0 Å². The van der Waals surface area contributed by atoms with Crippen LogP contribution in [0, 0.1) is 0 Å². The van der Waals surface area contributed by atoms with Crippen LogP contribution in [-0.2, 0) is 0 Å². The average molecular weight is 586 g/mol. The third-order valence-corrected chi connectivity index (χ3v) is 9.37. The van der Waals surface area contributed by atoms with E-state index >= 15 is 0 Å². The molecule has 1 unspecified atom stereocenters. The molecule has 2 aliphatic rings. The number of nitrogens with zero attached hydrogens (tertiary/aromatic N) is 5. The molecule has 0 aliphatic carbocycles. The number of fused-ring (bicyclic) bond motifs is 14. The van der Waals surface area contributed by atoms with Gasteiger partial charge in [0.25, 0.3) is 23.2 Å². The Labute approximate surface area is 262 Å². The van der Waals surface area contributed by atoms with Crippen LogP contribution in [0.4, 0.5) is 0 Å². The quantitative estimate of drug-likeness (QED) is 0.172. The van der Waals surface area contributed by atoms with E-state index in [-0.39, 0.29) is 19.8 Å². The molecule has 0 spiro atoms. The van der Waals surface area contributed by atoms with E-state index < -0.39 is 0 Å². The van der Waals surface area contributed by atoms with Crippen LogP contribution in [-0.4, -0.2) is 4.98 Å². The van der Waals surface area contributed by atoms with Gasteiger partial charge in [-0.2, -0.15) is 4.57 Å². The number of aromatic nitrogens is 5. The van der Waals surface area contributed by atoms with Crippen molar-refractivity contribution < 1.29 is 18.3 Å². The van der Waals surface area contributed by atoms with Gasteiger partial charge in [0.2, 0.25) is 22.2 Å². The minimum atomic E-state index is 0. The van der Waals surface area contributed by atoms with E-state index in [1.165, 1.54) is 60.9 Å². The first-order valence-electron chi connectivity index (χ1n) is 15.3. The van der Waals surface area contributed by atoms with Gasteiger partial charge < -0.3 is 0 Å². The largest absolute Gasteiger partial charge is 0.351 e. The van der Waals surface area contributed by atoms with Gasteiger partial charge in [-0.3, -0.25) is 0 Å². The predicted molar refractivity (Wildman–Crippen MR) is 179 cm³/mol. The molecule has 3 aromatic carbocycles. The van der Waals surface area contributed by atoms with Crippen molar-refractivity contribution in [3.05, 3.63) is 140 Å². The molecule has 5 nitrogen and oxygen atoms in total. The van der Waals surface area contributed by atoms with Crippen LogP contribution in [0.2, 0.25) is 0 Å². The normalized spacial score (nSPS) is 14.4. The Morgan fingerprint density at radius 2 is 0.756 bits per heavy atom. The number of hydrogen-bond acceptors (Lipinski definition) is 1. The lowest BCUT2D eigenvalue weighted by Crippen LogP contribution is -2.51. The fraction of sp³-hybridized carbons (Fsp3) is 0.125. The van der Waals surface area contributed by atoms with E-state index in [4.69, 9.17) is 0 Å². The van der Waals surface area contributed by atoms with Gasteiger partial charge in [0, 0.05) is 59.5 Å². The molecule has 5 heteroatoms. The highest BCUT2D eigenvalue weighted by molar-refractivity contribution is 5.80. The zero-order chi connectivity index (χ0) is 29.4. The Hall–Kier alpha value is -5.55. The second-order valence-electron chi connectivity index (χ2n) is 11.7. The molecule has 0 saturated heterocycles. The molecule has 5 aromatic heterocycles. The fourth-order valence-corrected chi connectivity index (χ4v) is 7.44. The van der Waals surface area contributed by atoms with E-state index in [9.17, 15) is 0 Å². The number of rotatable bonds is 0. The molecule has 0 amide bonds. The number of benzene rings is 3. The minimum Gasteiger partial charge on any atom is -0.156 e. The molecular formula is C40H35N5+4. The van der Waals surface area contributed by atoms with E-state index in [1.54, 1.807) is 0 Å². The average Bonchev–Trinajstić information content (AvgIpc) is 3.56. The third kappa shape index (κ3) is 3.90. The summed E-state index contributed by atoms with van der Waals surface area (Å²) >= 11 is 0. The maximum absolute atomic E-state index is 4.62. The molecule has 0 radical (unpaired) electrons. The molecule has 8 aromatic rings. The molecule has 0 fully saturated rings. The third-order valence-electron chi connectivity index (χ3n) is 9.37. The van der Waals surface area contributed by atoms with Crippen molar-refractivity contribution >= 4 is 43.7 Å². The summed E-state index contributed by atoms with van der Waals surface area (Å²) in [5, 5.41) is 5.02. The molecule has 1 atom stereocenters. The van der Waals surface area contributed by atoms with Crippen LogP contribution < -0.4 is 18.3 Å². The maximum Gasteiger partial charge on any atom is 0.351 e. The Bertz CT molecular complexity index is 2110. The van der Waals surface area contributed by atoms with Crippen molar-refractivity contribution in [3.63, 3.8) is 0 Å². The van der Waals surface area contributed by atoms with Gasteiger partial charge in [-0.25, -0.2) is 0 Å². The van der Waals surface area contributed by atoms with E-state index in [0.717, 1.165) is 5.65 Å². The molecular weight excluding hydrogens is 550 g/mol. The lowest BCUT2D eigenvalue weighted by Gasteiger charge is -2.03. The first-order chi connectivity index (χ1) is 21.7. The standard InChI is InChI=1S/C20H16N2.C19H15N3.CH4/c1-14-21-17-8-4-2-6-15(17)10-12-19(21)20-13-11-16-7-3-5-9-18(16)22(14)20;1-13-21-16-7-3-2-5-14(16)8-10-17(21)18-11-9-15-6-4-12-20-19(15)22(13)18;/h2-14H,1H3;2-13H,1H3;1H4/q2*+2;. The van der Waals surface area contributed by atoms with Crippen LogP contribution in [0.3, 0.4) is 0 Å². The SMILES string of the molecule is C.CC1[n+]2c(ccc3ccccc32)-c2ccc3ccccc3[n+]21.CC1[n+]2c(ccc3ccccc32)-c2ccc3cccnc3[n+]21. The van der Waals surface area contributed by atoms with Gasteiger partial charge in [0.15, 0.2) is 0 Å². The van der Waals surface area contributed by atoms with Crippen molar-refractivity contribution in [2.24, 2.45) is 0 Å². The number of para-hydroxylation sites is 3. The monoisotopic (exact) mass is 585 g/mol. The summed E-state index contributed by atoms with van der Waals surface area (Å²) in [7, 11) is 0. The molecule has 2 aliphatic heterocycles. The molecule has 10 rings (SSSR count). The summed E-state index contributed by atoms with van der Waals surface area (Å²) in [6, 6.07) is 47.6. The van der Waals surface area contributed by atoms with Gasteiger partial charge in [-0.05, 0) is 65.6 Å². The Kier molecular flexibility index (Phi) is 6.17. The topological polar surface area (TPSA) is 28.4 Å². The maximum atomic E-state index is 4.62. The molecule has 0 saturated carbocycles. The molecule has 7 heterocycles. The summed E-state index contributed by atoms with van der Waals surface area (Å²) < 4.78 is 9.62. The highest BCUT2D eigenvalue weighted by Crippen LogP contribution is 2.28. The second-order valence-corrected chi connectivity index (χ2v) is 11.7. The van der Waals surface area contributed by atoms with Crippen molar-refractivity contribution in [1.82, 2.24) is 4.98 Å². The highest BCUT2D eigenvalue weighted by atomic mass is 15.3. The van der Waals surface area contributed by atoms with E-state index in [1.807, 2.05) is 12.3 Å².